The summed E-state index contributed by atoms with van der Waals surface area (Å²) >= 11 is 0. The van der Waals surface area contributed by atoms with Crippen molar-refractivity contribution in [2.45, 2.75) is 27.4 Å². The number of nitrogens with zero attached hydrogens (tertiary/aromatic N) is 4. The van der Waals surface area contributed by atoms with Crippen LogP contribution in [-0.4, -0.2) is 22.2 Å². The summed E-state index contributed by atoms with van der Waals surface area (Å²) in [5.74, 6) is -0.334. The average molecular weight is 1380 g/mol. The maximum atomic E-state index is 11.1. The van der Waals surface area contributed by atoms with Gasteiger partial charge in [-0.25, -0.2) is 4.98 Å². The van der Waals surface area contributed by atoms with Gasteiger partial charge in [-0.2, -0.15) is 18.2 Å². The van der Waals surface area contributed by atoms with E-state index in [1.54, 1.807) is 30.3 Å². The number of aromatic nitrogens is 4. The molecule has 0 radical (unpaired) electrons. The van der Waals surface area contributed by atoms with E-state index in [4.69, 9.17) is 32.2 Å². The fourth-order valence-electron chi connectivity index (χ4n) is 10.9. The zero-order valence-corrected chi connectivity index (χ0v) is 48.8. The second kappa shape index (κ2) is 23.8. The van der Waals surface area contributed by atoms with Crippen LogP contribution in [0.25, 0.3) is 94.5 Å². The molecule has 3 heterocycles. The molecule has 0 aliphatic heterocycles. The van der Waals surface area contributed by atoms with Gasteiger partial charge in [0.15, 0.2) is 8.07 Å². The van der Waals surface area contributed by atoms with E-state index in [0.717, 1.165) is 35.0 Å². The molecule has 0 aliphatic carbocycles. The Morgan fingerprint density at radius 2 is 1.08 bits per heavy atom. The molecule has 0 fully saturated rings. The molecule has 430 valence electrons. The summed E-state index contributed by atoms with van der Waals surface area (Å²) in [5, 5.41) is -4.04. The Morgan fingerprint density at radius 3 is 1.74 bits per heavy atom. The van der Waals surface area contributed by atoms with Crippen molar-refractivity contribution in [1.29, 1.82) is 0 Å². The number of para-hydroxylation sites is 1. The number of aryl methyl sites for hydroxylation is 4. The minimum Gasteiger partial charge on any atom is -0.510 e. The fourth-order valence-corrected chi connectivity index (χ4v) is 14.5. The third-order valence-electron chi connectivity index (χ3n) is 14.7. The molecule has 0 amide bonds. The smallest absolute Gasteiger partial charge is 0.268 e. The second-order valence-electron chi connectivity index (χ2n) is 19.7. The van der Waals surface area contributed by atoms with Crippen LogP contribution in [0.3, 0.4) is 0 Å². The first-order valence-electron chi connectivity index (χ1n) is 47.1. The normalized spacial score (nSPS) is 18.6. The Morgan fingerprint density at radius 1 is 0.483 bits per heavy atom. The number of hydrogen-bond donors (Lipinski definition) is 0. The SMILES string of the molecule is [2H]c1c([2H])c([2H])c(-c2cnc(-n3c4[c-]c(Oc5[c-]c(-n6[c-][n+](-c7c(-c8c([2H])c([2H])c([2H])c([2H])c8[2H])cc(C([2H])([2H])[2H])cc7-c7c([2H])c([2H])c([2H])c([Si](c8c([2H])c([2H])c([2H])c([2H])c8[2H])(c8c([2H])c([2H])c([2H])c([2H])c8[2H])c8c([2H])c([2H])c([2H])c([2H])c8[2H])c7[2H])c7ccc(-c8c(C([2H])([2H])[2H])cccc8C([2H])([2H])[2H])cc76)ccc5)ccc4c4ccccc43)cc2C([2H])([2H])[2H])c([2H])c1[2H].[Pt]. The van der Waals surface area contributed by atoms with Crippen LogP contribution in [0, 0.1) is 45.9 Å². The first kappa shape index (κ1) is 27.0. The molecule has 12 aromatic carbocycles. The van der Waals surface area contributed by atoms with Crippen LogP contribution in [0.5, 0.6) is 11.5 Å². The Balaban J connectivity index is 0.0000136. The molecule has 5 nitrogen and oxygen atoms in total. The Labute approximate surface area is 593 Å². The van der Waals surface area contributed by atoms with Crippen molar-refractivity contribution in [1.82, 2.24) is 14.1 Å². The first-order chi connectivity index (χ1) is 60.2. The summed E-state index contributed by atoms with van der Waals surface area (Å²) in [6, 6.07) is -3.40. The van der Waals surface area contributed by atoms with Gasteiger partial charge in [-0.15, -0.1) is 29.7 Å². The van der Waals surface area contributed by atoms with Gasteiger partial charge in [0.25, 0.3) is 6.33 Å². The Kier molecular flexibility index (Phi) is 7.23. The van der Waals surface area contributed by atoms with Crippen molar-refractivity contribution >= 4 is 61.7 Å². The standard InChI is InChI=1S/C82H60N4OSi.Pt/c1-56-47-73(60-27-10-5-11-28-60)82(74(48-56)62-31-23-40-70(50-62)88(67-34-14-7-15-35-67,68-36-16-8-17-37-68)69-38-18-9-19-39-69)85-55-84(79-51-63(43-46-77(79)85)81-57(2)25-22-26-58(81)3)64-32-24-33-65(52-64)87-66-44-45-72-71-41-20-21-42-76(71)86(78(72)53-66)80-49-59(4)75(54-83-80)61-29-12-6-13-30-61;/h5-51,54H,1-4H3;/q-2;/i1D3,2D3,3D3,4D3,5D,6D,7D,8D,9D,10D,11D,12D,13D,14D,15D,16D,17D,18D,19D,23D,27D,28D,29D,30D,31D,34D,35D,36D,37D,38D,39D,40D,50D;. The summed E-state index contributed by atoms with van der Waals surface area (Å²) < 4.78 is 388. The van der Waals surface area contributed by atoms with Crippen LogP contribution in [0.4, 0.5) is 0 Å². The molecular weight excluding hydrogens is 1280 g/mol. The van der Waals surface area contributed by atoms with E-state index in [1.807, 2.05) is 0 Å². The number of benzene rings is 12. The quantitative estimate of drug-likeness (QED) is 0.0499. The van der Waals surface area contributed by atoms with E-state index in [1.165, 1.54) is 63.7 Å². The van der Waals surface area contributed by atoms with Gasteiger partial charge in [0.05, 0.1) is 56.5 Å². The summed E-state index contributed by atoms with van der Waals surface area (Å²) in [7, 11) is -6.74. The van der Waals surface area contributed by atoms with Crippen LogP contribution >= 0.6 is 0 Å². The molecule has 0 atom stereocenters. The predicted octanol–water partition coefficient (Wildman–Crippen LogP) is 16.9. The minimum absolute atomic E-state index is 0. The van der Waals surface area contributed by atoms with Gasteiger partial charge in [-0.05, 0) is 133 Å². The van der Waals surface area contributed by atoms with Crippen LogP contribution in [0.15, 0.2) is 291 Å². The molecule has 0 N–H and O–H groups in total. The zero-order valence-electron chi connectivity index (χ0n) is 86.5. The van der Waals surface area contributed by atoms with E-state index < -0.39 is 287 Å². The minimum atomic E-state index is -6.74. The molecule has 0 saturated heterocycles. The molecular formula is C82H60N4OPtSi-2. The fraction of sp³-hybridized carbons (Fsp3) is 0.0488. The summed E-state index contributed by atoms with van der Waals surface area (Å²) in [5.41, 5.74) is -8.03. The van der Waals surface area contributed by atoms with Gasteiger partial charge < -0.3 is 13.9 Å². The van der Waals surface area contributed by atoms with Crippen molar-refractivity contribution in [3.63, 3.8) is 0 Å². The van der Waals surface area contributed by atoms with Crippen LogP contribution in [-0.2, 0) is 21.1 Å². The van der Waals surface area contributed by atoms with Crippen molar-refractivity contribution < 1.29 is 86.6 Å². The van der Waals surface area contributed by atoms with Gasteiger partial charge in [0.1, 0.15) is 5.82 Å². The number of imidazole rings is 1. The largest absolute Gasteiger partial charge is 0.510 e. The summed E-state index contributed by atoms with van der Waals surface area (Å²) in [6.45, 7) is -12.6. The maximum absolute atomic E-state index is 11.1. The van der Waals surface area contributed by atoms with E-state index >= 15 is 0 Å². The van der Waals surface area contributed by atoms with Crippen LogP contribution < -0.4 is 30.1 Å². The third-order valence-corrected chi connectivity index (χ3v) is 18.7. The molecule has 7 heteroatoms. The molecule has 15 aromatic rings. The van der Waals surface area contributed by atoms with E-state index in [0.29, 0.717) is 16.3 Å². The van der Waals surface area contributed by atoms with Gasteiger partial charge in [-0.1, -0.05) is 247 Å². The van der Waals surface area contributed by atoms with Crippen molar-refractivity contribution in [3.05, 3.63) is 331 Å². The Bertz CT molecular complexity index is 7070. The summed E-state index contributed by atoms with van der Waals surface area (Å²) in [6.07, 6.45) is 4.21. The molecule has 0 aliphatic rings. The summed E-state index contributed by atoms with van der Waals surface area (Å²) in [4.78, 5) is 4.64. The zero-order chi connectivity index (χ0) is 94.5. The molecule has 0 unspecified atom stereocenters. The second-order valence-corrected chi connectivity index (χ2v) is 23.2. The van der Waals surface area contributed by atoms with Gasteiger partial charge in [0.2, 0.25) is 0 Å². The molecule has 0 bridgehead atoms. The van der Waals surface area contributed by atoms with Crippen LogP contribution in [0.1, 0.15) is 78.5 Å². The number of fused-ring (bicyclic) bond motifs is 4. The van der Waals surface area contributed by atoms with Gasteiger partial charge >= 0.3 is 0 Å². The van der Waals surface area contributed by atoms with E-state index in [9.17, 15) is 28.8 Å². The third kappa shape index (κ3) is 10.1. The maximum Gasteiger partial charge on any atom is 0.268 e. The number of hydrogen-bond acceptors (Lipinski definition) is 2. The van der Waals surface area contributed by atoms with Crippen molar-refractivity contribution in [3.8, 4) is 73.2 Å². The Hall–Kier alpha value is -10.2. The average Bonchev–Trinajstić information content (AvgIpc) is 0.772. The number of rotatable bonds is 13. The van der Waals surface area contributed by atoms with Gasteiger partial charge in [0, 0.05) is 66.3 Å². The first-order valence-corrected chi connectivity index (χ1v) is 28.6. The predicted molar refractivity (Wildman–Crippen MR) is 364 cm³/mol. The van der Waals surface area contributed by atoms with Gasteiger partial charge in [-0.3, -0.25) is 4.57 Å². The molecule has 3 aromatic heterocycles. The monoisotopic (exact) mass is 1380 g/mol. The molecule has 89 heavy (non-hydrogen) atoms. The van der Waals surface area contributed by atoms with Crippen molar-refractivity contribution in [2.75, 3.05) is 0 Å². The van der Waals surface area contributed by atoms with E-state index in [-0.39, 0.29) is 77.3 Å². The molecule has 0 saturated carbocycles. The van der Waals surface area contributed by atoms with Crippen molar-refractivity contribution in [2.24, 2.45) is 0 Å². The number of pyridine rings is 1. The molecule has 15 rings (SSSR count). The molecule has 0 spiro atoms. The topological polar surface area (TPSA) is 35.9 Å². The van der Waals surface area contributed by atoms with Crippen LogP contribution in [0.2, 0.25) is 0 Å². The van der Waals surface area contributed by atoms with E-state index in [2.05, 4.69) is 23.4 Å². The number of ether oxygens (including phenoxy) is 1.